The van der Waals surface area contributed by atoms with E-state index in [1.807, 2.05) is 6.20 Å². The predicted molar refractivity (Wildman–Crippen MR) is 86.0 cm³/mol. The smallest absolute Gasteiger partial charge is 0.128 e. The van der Waals surface area contributed by atoms with Crippen molar-refractivity contribution in [1.82, 2.24) is 4.98 Å². The van der Waals surface area contributed by atoms with Crippen molar-refractivity contribution in [3.63, 3.8) is 0 Å². The van der Waals surface area contributed by atoms with Gasteiger partial charge in [0.2, 0.25) is 0 Å². The molecule has 4 atom stereocenters. The molecule has 0 aliphatic carbocycles. The fourth-order valence-electron chi connectivity index (χ4n) is 3.17. The highest BCUT2D eigenvalue weighted by Crippen LogP contribution is 2.30. The molecule has 1 saturated heterocycles. The summed E-state index contributed by atoms with van der Waals surface area (Å²) in [6.45, 7) is 10.3. The number of hydrogen-bond acceptors (Lipinski definition) is 3. The molecule has 0 radical (unpaired) electrons. The van der Waals surface area contributed by atoms with Crippen LogP contribution >= 0.6 is 0 Å². The molecule has 0 spiro atoms. The number of hydrogen-bond donors (Lipinski definition) is 1. The van der Waals surface area contributed by atoms with Crippen molar-refractivity contribution in [2.45, 2.75) is 59.0 Å². The molecule has 112 valence electrons. The maximum atomic E-state index is 6.01. The number of pyridine rings is 1. The highest BCUT2D eigenvalue weighted by atomic mass is 15.2. The van der Waals surface area contributed by atoms with E-state index < -0.39 is 0 Å². The number of rotatable bonds is 4. The summed E-state index contributed by atoms with van der Waals surface area (Å²) in [6.07, 6.45) is 5.26. The average molecular weight is 275 g/mol. The molecule has 1 aliphatic rings. The molecule has 20 heavy (non-hydrogen) atoms. The lowest BCUT2D eigenvalue weighted by atomic mass is 9.86. The van der Waals surface area contributed by atoms with E-state index in [2.05, 4.69) is 49.7 Å². The van der Waals surface area contributed by atoms with Crippen LogP contribution in [0, 0.1) is 11.8 Å². The van der Waals surface area contributed by atoms with E-state index in [1.165, 1.54) is 12.0 Å². The fourth-order valence-corrected chi connectivity index (χ4v) is 3.17. The molecule has 1 aromatic rings. The molecule has 0 saturated carbocycles. The molecule has 3 heteroatoms. The second-order valence-electron chi connectivity index (χ2n) is 6.61. The van der Waals surface area contributed by atoms with Crippen LogP contribution < -0.4 is 10.6 Å². The van der Waals surface area contributed by atoms with Gasteiger partial charge in [-0.3, -0.25) is 0 Å². The van der Waals surface area contributed by atoms with Gasteiger partial charge in [-0.2, -0.15) is 0 Å². The van der Waals surface area contributed by atoms with E-state index in [9.17, 15) is 0 Å². The third-order valence-corrected chi connectivity index (χ3v) is 4.72. The quantitative estimate of drug-likeness (QED) is 0.917. The minimum Gasteiger partial charge on any atom is -0.353 e. The summed E-state index contributed by atoms with van der Waals surface area (Å²) in [5.74, 6) is 2.59. The van der Waals surface area contributed by atoms with Gasteiger partial charge < -0.3 is 10.6 Å². The van der Waals surface area contributed by atoms with Gasteiger partial charge in [0, 0.05) is 24.8 Å². The van der Waals surface area contributed by atoms with Gasteiger partial charge in [-0.1, -0.05) is 26.8 Å². The first-order valence-electron chi connectivity index (χ1n) is 7.98. The van der Waals surface area contributed by atoms with Crippen LogP contribution in [0.5, 0.6) is 0 Å². The summed E-state index contributed by atoms with van der Waals surface area (Å²) in [5, 5.41) is 0. The van der Waals surface area contributed by atoms with Gasteiger partial charge >= 0.3 is 0 Å². The zero-order valence-electron chi connectivity index (χ0n) is 13.3. The van der Waals surface area contributed by atoms with Crippen molar-refractivity contribution in [3.05, 3.63) is 23.9 Å². The Morgan fingerprint density at radius 3 is 2.70 bits per heavy atom. The Morgan fingerprint density at radius 2 is 2.10 bits per heavy atom. The lowest BCUT2D eigenvalue weighted by Gasteiger charge is -2.42. The number of nitrogens with two attached hydrogens (primary N) is 1. The van der Waals surface area contributed by atoms with Crippen LogP contribution in [0.25, 0.3) is 0 Å². The minimum absolute atomic E-state index is 0.247. The molecule has 2 rings (SSSR count). The highest BCUT2D eigenvalue weighted by molar-refractivity contribution is 5.41. The second kappa shape index (κ2) is 6.57. The Bertz CT molecular complexity index is 415. The predicted octanol–water partition coefficient (Wildman–Crippen LogP) is 3.23. The van der Waals surface area contributed by atoms with Crippen molar-refractivity contribution < 1.29 is 0 Å². The van der Waals surface area contributed by atoms with Crippen molar-refractivity contribution >= 4 is 5.82 Å². The lowest BCUT2D eigenvalue weighted by molar-refractivity contribution is 0.295. The second-order valence-corrected chi connectivity index (χ2v) is 6.61. The third kappa shape index (κ3) is 3.51. The van der Waals surface area contributed by atoms with Crippen LogP contribution in [-0.2, 0) is 6.42 Å². The van der Waals surface area contributed by atoms with Gasteiger partial charge in [0.15, 0.2) is 0 Å². The average Bonchev–Trinajstić information content (AvgIpc) is 2.43. The highest BCUT2D eigenvalue weighted by Gasteiger charge is 2.29. The monoisotopic (exact) mass is 275 g/mol. The van der Waals surface area contributed by atoms with E-state index in [1.54, 1.807) is 0 Å². The molecule has 2 N–H and O–H groups in total. The standard InChI is InChI=1S/C17H29N3/c1-5-16(18)9-15-6-7-17(19-10-15)20-11-12(2)8-13(3)14(20)4/h6-7,10,12-14,16H,5,8-9,11,18H2,1-4H3. The molecule has 1 aliphatic heterocycles. The Hall–Kier alpha value is -1.09. The van der Waals surface area contributed by atoms with E-state index >= 15 is 0 Å². The van der Waals surface area contributed by atoms with E-state index in [-0.39, 0.29) is 6.04 Å². The summed E-state index contributed by atoms with van der Waals surface area (Å²) in [5.41, 5.74) is 7.25. The normalized spacial score (nSPS) is 28.4. The van der Waals surface area contributed by atoms with Crippen LogP contribution in [0.15, 0.2) is 18.3 Å². The number of piperidine rings is 1. The maximum absolute atomic E-state index is 6.01. The van der Waals surface area contributed by atoms with Crippen molar-refractivity contribution in [2.24, 2.45) is 17.6 Å². The SMILES string of the molecule is CCC(N)Cc1ccc(N2CC(C)CC(C)C2C)nc1. The molecule has 0 amide bonds. The van der Waals surface area contributed by atoms with Crippen LogP contribution in [0.3, 0.4) is 0 Å². The summed E-state index contributed by atoms with van der Waals surface area (Å²) in [4.78, 5) is 7.14. The van der Waals surface area contributed by atoms with Gasteiger partial charge in [-0.05, 0) is 49.7 Å². The molecule has 0 bridgehead atoms. The fraction of sp³-hybridized carbons (Fsp3) is 0.706. The van der Waals surface area contributed by atoms with Crippen molar-refractivity contribution in [2.75, 3.05) is 11.4 Å². The maximum Gasteiger partial charge on any atom is 0.128 e. The van der Waals surface area contributed by atoms with E-state index in [0.29, 0.717) is 6.04 Å². The Morgan fingerprint density at radius 1 is 1.35 bits per heavy atom. The first kappa shape index (κ1) is 15.3. The molecular formula is C17H29N3. The van der Waals surface area contributed by atoms with Crippen molar-refractivity contribution in [1.29, 1.82) is 0 Å². The van der Waals surface area contributed by atoms with Gasteiger partial charge in [-0.25, -0.2) is 4.98 Å². The third-order valence-electron chi connectivity index (χ3n) is 4.72. The van der Waals surface area contributed by atoms with Gasteiger partial charge in [0.1, 0.15) is 5.82 Å². The van der Waals surface area contributed by atoms with Crippen LogP contribution in [0.1, 0.15) is 46.1 Å². The van der Waals surface area contributed by atoms with E-state index in [4.69, 9.17) is 5.73 Å². The molecule has 1 aromatic heterocycles. The van der Waals surface area contributed by atoms with Crippen LogP contribution in [-0.4, -0.2) is 23.6 Å². The molecular weight excluding hydrogens is 246 g/mol. The number of aromatic nitrogens is 1. The molecule has 0 aromatic carbocycles. The molecule has 2 heterocycles. The zero-order chi connectivity index (χ0) is 14.7. The Kier molecular flexibility index (Phi) is 5.03. The number of nitrogens with zero attached hydrogens (tertiary/aromatic N) is 2. The number of anilines is 1. The summed E-state index contributed by atoms with van der Waals surface area (Å²) in [6, 6.07) is 5.17. The van der Waals surface area contributed by atoms with Crippen LogP contribution in [0.2, 0.25) is 0 Å². The first-order valence-corrected chi connectivity index (χ1v) is 7.98. The lowest BCUT2D eigenvalue weighted by Crippen LogP contribution is -2.46. The van der Waals surface area contributed by atoms with Crippen LogP contribution in [0.4, 0.5) is 5.82 Å². The largest absolute Gasteiger partial charge is 0.353 e. The summed E-state index contributed by atoms with van der Waals surface area (Å²) >= 11 is 0. The van der Waals surface area contributed by atoms with E-state index in [0.717, 1.165) is 37.0 Å². The molecule has 4 unspecified atom stereocenters. The molecule has 3 nitrogen and oxygen atoms in total. The van der Waals surface area contributed by atoms with Gasteiger partial charge in [0.05, 0.1) is 0 Å². The molecule has 1 fully saturated rings. The summed E-state index contributed by atoms with van der Waals surface area (Å²) in [7, 11) is 0. The van der Waals surface area contributed by atoms with Gasteiger partial charge in [0.25, 0.3) is 0 Å². The van der Waals surface area contributed by atoms with Crippen molar-refractivity contribution in [3.8, 4) is 0 Å². The Balaban J connectivity index is 2.08. The minimum atomic E-state index is 0.247. The first-order chi connectivity index (χ1) is 9.51. The Labute approximate surface area is 123 Å². The van der Waals surface area contributed by atoms with Gasteiger partial charge in [-0.15, -0.1) is 0 Å². The zero-order valence-corrected chi connectivity index (χ0v) is 13.3. The summed E-state index contributed by atoms with van der Waals surface area (Å²) < 4.78 is 0. The topological polar surface area (TPSA) is 42.1 Å².